The van der Waals surface area contributed by atoms with Gasteiger partial charge in [-0.15, -0.1) is 0 Å². The van der Waals surface area contributed by atoms with Gasteiger partial charge >= 0.3 is 0 Å². The molecule has 0 bridgehead atoms. The Morgan fingerprint density at radius 3 is 2.70 bits per heavy atom. The number of methoxy groups -OCH3 is 1. The third kappa shape index (κ3) is 5.49. The molecule has 1 aliphatic heterocycles. The minimum atomic E-state index is -3.62. The third-order valence-electron chi connectivity index (χ3n) is 3.56. The van der Waals surface area contributed by atoms with Gasteiger partial charge in [0.15, 0.2) is 0 Å². The highest BCUT2D eigenvalue weighted by Crippen LogP contribution is 2.15. The predicted molar refractivity (Wildman–Crippen MR) is 84.8 cm³/mol. The van der Waals surface area contributed by atoms with Gasteiger partial charge in [0.05, 0.1) is 18.1 Å². The van der Waals surface area contributed by atoms with Crippen LogP contribution in [0.5, 0.6) is 5.75 Å². The number of hydrogen-bond donors (Lipinski definition) is 2. The summed E-state index contributed by atoms with van der Waals surface area (Å²) in [6.07, 6.45) is 2.13. The van der Waals surface area contributed by atoms with Crippen molar-refractivity contribution >= 4 is 15.9 Å². The van der Waals surface area contributed by atoms with Gasteiger partial charge in [-0.1, -0.05) is 0 Å². The fourth-order valence-corrected chi connectivity index (χ4v) is 3.29. The van der Waals surface area contributed by atoms with Gasteiger partial charge in [0.25, 0.3) is 0 Å². The molecule has 7 nitrogen and oxygen atoms in total. The molecule has 0 saturated carbocycles. The largest absolute Gasteiger partial charge is 0.497 e. The number of ether oxygens (including phenoxy) is 2. The Morgan fingerprint density at radius 2 is 2.09 bits per heavy atom. The molecule has 128 valence electrons. The van der Waals surface area contributed by atoms with E-state index in [2.05, 4.69) is 10.0 Å². The predicted octanol–water partition coefficient (Wildman–Crippen LogP) is 0.659. The van der Waals surface area contributed by atoms with Crippen LogP contribution in [-0.2, 0) is 19.6 Å². The summed E-state index contributed by atoms with van der Waals surface area (Å²) in [5.41, 5.74) is 0. The average Bonchev–Trinajstić information content (AvgIpc) is 3.06. The van der Waals surface area contributed by atoms with Crippen LogP contribution in [-0.4, -0.2) is 47.2 Å². The van der Waals surface area contributed by atoms with Gasteiger partial charge in [-0.05, 0) is 37.1 Å². The highest BCUT2D eigenvalue weighted by Gasteiger charge is 2.17. The van der Waals surface area contributed by atoms with Crippen LogP contribution in [0, 0.1) is 0 Å². The first-order chi connectivity index (χ1) is 11.0. The maximum atomic E-state index is 12.1. The summed E-state index contributed by atoms with van der Waals surface area (Å²) in [7, 11) is -2.11. The van der Waals surface area contributed by atoms with Crippen molar-refractivity contribution in [2.45, 2.75) is 30.3 Å². The lowest BCUT2D eigenvalue weighted by Crippen LogP contribution is -2.34. The normalized spacial score (nSPS) is 17.9. The van der Waals surface area contributed by atoms with Crippen LogP contribution in [0.25, 0.3) is 0 Å². The van der Waals surface area contributed by atoms with Crippen LogP contribution in [0.2, 0.25) is 0 Å². The number of nitrogens with one attached hydrogen (secondary N) is 2. The Hall–Kier alpha value is -1.64. The number of rotatable bonds is 8. The Kier molecular flexibility index (Phi) is 6.37. The molecule has 1 atom stereocenters. The summed E-state index contributed by atoms with van der Waals surface area (Å²) in [5, 5.41) is 2.75. The SMILES string of the molecule is COc1ccc(S(=O)(=O)NCCC(=O)NCC2CCCO2)cc1. The lowest BCUT2D eigenvalue weighted by Gasteiger charge is -2.11. The Labute approximate surface area is 136 Å². The van der Waals surface area contributed by atoms with Gasteiger partial charge in [0.2, 0.25) is 15.9 Å². The molecule has 8 heteroatoms. The molecule has 1 aromatic carbocycles. The molecule has 1 fully saturated rings. The van der Waals surface area contributed by atoms with E-state index < -0.39 is 10.0 Å². The summed E-state index contributed by atoms with van der Waals surface area (Å²) >= 11 is 0. The molecule has 2 N–H and O–H groups in total. The summed E-state index contributed by atoms with van der Waals surface area (Å²) in [4.78, 5) is 11.8. The quantitative estimate of drug-likeness (QED) is 0.724. The van der Waals surface area contributed by atoms with E-state index >= 15 is 0 Å². The monoisotopic (exact) mass is 342 g/mol. The second kappa shape index (κ2) is 8.28. The number of hydrogen-bond acceptors (Lipinski definition) is 5. The number of amides is 1. The summed E-state index contributed by atoms with van der Waals surface area (Å²) in [6.45, 7) is 1.26. The van der Waals surface area contributed by atoms with Crippen molar-refractivity contribution in [3.05, 3.63) is 24.3 Å². The Bertz CT molecular complexity index is 609. The molecule has 0 spiro atoms. The Morgan fingerprint density at radius 1 is 1.35 bits per heavy atom. The van der Waals surface area contributed by atoms with Crippen molar-refractivity contribution in [2.75, 3.05) is 26.8 Å². The first kappa shape index (κ1) is 17.7. The highest BCUT2D eigenvalue weighted by molar-refractivity contribution is 7.89. The van der Waals surface area contributed by atoms with Crippen LogP contribution >= 0.6 is 0 Å². The number of carbonyl (C=O) groups is 1. The zero-order valence-corrected chi connectivity index (χ0v) is 13.9. The van der Waals surface area contributed by atoms with Crippen LogP contribution in [0.1, 0.15) is 19.3 Å². The van der Waals surface area contributed by atoms with E-state index in [1.165, 1.54) is 19.2 Å². The molecule has 1 unspecified atom stereocenters. The summed E-state index contributed by atoms with van der Waals surface area (Å²) in [6, 6.07) is 6.06. The maximum Gasteiger partial charge on any atom is 0.240 e. The van der Waals surface area contributed by atoms with E-state index in [0.29, 0.717) is 12.3 Å². The molecular weight excluding hydrogens is 320 g/mol. The molecule has 0 aliphatic carbocycles. The van der Waals surface area contributed by atoms with Crippen molar-refractivity contribution in [2.24, 2.45) is 0 Å². The van der Waals surface area contributed by atoms with E-state index in [9.17, 15) is 13.2 Å². The lowest BCUT2D eigenvalue weighted by molar-refractivity contribution is -0.121. The van der Waals surface area contributed by atoms with E-state index in [1.807, 2.05) is 0 Å². The van der Waals surface area contributed by atoms with Crippen LogP contribution in [0.4, 0.5) is 0 Å². The smallest absolute Gasteiger partial charge is 0.240 e. The van der Waals surface area contributed by atoms with Crippen molar-refractivity contribution in [1.29, 1.82) is 0 Å². The van der Waals surface area contributed by atoms with E-state index in [0.717, 1.165) is 19.4 Å². The van der Waals surface area contributed by atoms with Crippen LogP contribution < -0.4 is 14.8 Å². The van der Waals surface area contributed by atoms with Gasteiger partial charge in [-0.3, -0.25) is 4.79 Å². The number of sulfonamides is 1. The molecule has 1 saturated heterocycles. The molecule has 0 radical (unpaired) electrons. The van der Waals surface area contributed by atoms with Crippen molar-refractivity contribution in [3.8, 4) is 5.75 Å². The fourth-order valence-electron chi connectivity index (χ4n) is 2.26. The standard InChI is InChI=1S/C15H22N2O5S/c1-21-12-4-6-14(7-5-12)23(19,20)17-9-8-15(18)16-11-13-3-2-10-22-13/h4-7,13,17H,2-3,8-11H2,1H3,(H,16,18). The van der Waals surface area contributed by atoms with E-state index in [-0.39, 0.29) is 29.9 Å². The van der Waals surface area contributed by atoms with Gasteiger partial charge in [-0.2, -0.15) is 0 Å². The molecule has 1 heterocycles. The Balaban J connectivity index is 1.73. The summed E-state index contributed by atoms with van der Waals surface area (Å²) < 4.78 is 37.0. The average molecular weight is 342 g/mol. The molecule has 1 amide bonds. The topological polar surface area (TPSA) is 93.7 Å². The molecule has 23 heavy (non-hydrogen) atoms. The summed E-state index contributed by atoms with van der Waals surface area (Å²) in [5.74, 6) is 0.385. The number of benzene rings is 1. The molecule has 0 aromatic heterocycles. The van der Waals surface area contributed by atoms with Crippen LogP contribution in [0.3, 0.4) is 0 Å². The zero-order chi connectivity index (χ0) is 16.7. The highest BCUT2D eigenvalue weighted by atomic mass is 32.2. The third-order valence-corrected chi connectivity index (χ3v) is 5.04. The van der Waals surface area contributed by atoms with Gasteiger partial charge < -0.3 is 14.8 Å². The zero-order valence-electron chi connectivity index (χ0n) is 13.1. The molecular formula is C15H22N2O5S. The first-order valence-electron chi connectivity index (χ1n) is 7.53. The van der Waals surface area contributed by atoms with E-state index in [4.69, 9.17) is 9.47 Å². The maximum absolute atomic E-state index is 12.1. The molecule has 2 rings (SSSR count). The first-order valence-corrected chi connectivity index (χ1v) is 9.01. The van der Waals surface area contributed by atoms with Gasteiger partial charge in [0, 0.05) is 26.1 Å². The second-order valence-corrected chi connectivity index (χ2v) is 7.03. The van der Waals surface area contributed by atoms with Crippen LogP contribution in [0.15, 0.2) is 29.2 Å². The van der Waals surface area contributed by atoms with E-state index in [1.54, 1.807) is 12.1 Å². The second-order valence-electron chi connectivity index (χ2n) is 5.26. The fraction of sp³-hybridized carbons (Fsp3) is 0.533. The van der Waals surface area contributed by atoms with Crippen molar-refractivity contribution in [1.82, 2.24) is 10.0 Å². The minimum Gasteiger partial charge on any atom is -0.497 e. The number of carbonyl (C=O) groups excluding carboxylic acids is 1. The van der Waals surface area contributed by atoms with Crippen molar-refractivity contribution < 1.29 is 22.7 Å². The van der Waals surface area contributed by atoms with Gasteiger partial charge in [-0.25, -0.2) is 13.1 Å². The molecule has 1 aromatic rings. The molecule has 1 aliphatic rings. The lowest BCUT2D eigenvalue weighted by atomic mass is 10.2. The van der Waals surface area contributed by atoms with Gasteiger partial charge in [0.1, 0.15) is 5.75 Å². The van der Waals surface area contributed by atoms with Crippen molar-refractivity contribution in [3.63, 3.8) is 0 Å². The minimum absolute atomic E-state index is 0.0473.